The van der Waals surface area contributed by atoms with E-state index in [4.69, 9.17) is 5.84 Å². The van der Waals surface area contributed by atoms with Gasteiger partial charge in [0.1, 0.15) is 5.82 Å². The SMILES string of the molecule is Nn1c(SCC(=O)NCc2ccc(F)cc2)nnc1-c1cccs1. The largest absolute Gasteiger partial charge is 0.351 e. The fourth-order valence-electron chi connectivity index (χ4n) is 1.93. The Labute approximate surface area is 145 Å². The Morgan fingerprint density at radius 3 is 2.79 bits per heavy atom. The van der Waals surface area contributed by atoms with E-state index in [1.807, 2.05) is 17.5 Å². The van der Waals surface area contributed by atoms with E-state index in [-0.39, 0.29) is 17.5 Å². The molecule has 0 atom stereocenters. The van der Waals surface area contributed by atoms with Crippen molar-refractivity contribution in [1.82, 2.24) is 20.2 Å². The molecule has 3 N–H and O–H groups in total. The van der Waals surface area contributed by atoms with Crippen LogP contribution in [0.3, 0.4) is 0 Å². The molecular weight excluding hydrogens is 349 g/mol. The van der Waals surface area contributed by atoms with Gasteiger partial charge in [0, 0.05) is 6.54 Å². The average molecular weight is 363 g/mol. The summed E-state index contributed by atoms with van der Waals surface area (Å²) in [6.07, 6.45) is 0. The Bertz CT molecular complexity index is 817. The second-order valence-electron chi connectivity index (χ2n) is 4.85. The lowest BCUT2D eigenvalue weighted by Gasteiger charge is -2.05. The van der Waals surface area contributed by atoms with Gasteiger partial charge in [0.2, 0.25) is 11.1 Å². The van der Waals surface area contributed by atoms with Gasteiger partial charge in [-0.15, -0.1) is 21.5 Å². The summed E-state index contributed by atoms with van der Waals surface area (Å²) in [6.45, 7) is 0.343. The molecule has 0 unspecified atom stereocenters. The number of aromatic nitrogens is 3. The highest BCUT2D eigenvalue weighted by Crippen LogP contribution is 2.24. The number of rotatable bonds is 6. The molecule has 6 nitrogen and oxygen atoms in total. The second kappa shape index (κ2) is 7.45. The first-order chi connectivity index (χ1) is 11.6. The number of hydrogen-bond donors (Lipinski definition) is 2. The van der Waals surface area contributed by atoms with Crippen molar-refractivity contribution >= 4 is 29.0 Å². The normalized spacial score (nSPS) is 10.7. The Morgan fingerprint density at radius 2 is 2.08 bits per heavy atom. The number of thiophene rings is 1. The van der Waals surface area contributed by atoms with Crippen LogP contribution in [0.4, 0.5) is 4.39 Å². The first kappa shape index (κ1) is 16.5. The number of nitrogens with two attached hydrogens (primary N) is 1. The smallest absolute Gasteiger partial charge is 0.230 e. The Hall–Kier alpha value is -2.39. The van der Waals surface area contributed by atoms with Crippen LogP contribution in [0.15, 0.2) is 46.9 Å². The Morgan fingerprint density at radius 1 is 1.29 bits per heavy atom. The van der Waals surface area contributed by atoms with Crippen LogP contribution in [0, 0.1) is 5.82 Å². The average Bonchev–Trinajstić information content (AvgIpc) is 3.22. The number of benzene rings is 1. The van der Waals surface area contributed by atoms with Gasteiger partial charge in [-0.25, -0.2) is 9.07 Å². The molecule has 0 fully saturated rings. The molecule has 0 bridgehead atoms. The van der Waals surface area contributed by atoms with Gasteiger partial charge in [0.25, 0.3) is 0 Å². The number of nitrogen functional groups attached to an aromatic ring is 1. The number of halogens is 1. The molecule has 1 amide bonds. The van der Waals surface area contributed by atoms with Crippen LogP contribution in [0.25, 0.3) is 10.7 Å². The molecule has 1 aromatic carbocycles. The summed E-state index contributed by atoms with van der Waals surface area (Å²) in [4.78, 5) is 12.8. The number of nitrogens with one attached hydrogen (secondary N) is 1. The molecule has 0 saturated heterocycles. The molecule has 3 aromatic rings. The topological polar surface area (TPSA) is 85.8 Å². The van der Waals surface area contributed by atoms with E-state index in [2.05, 4.69) is 15.5 Å². The Balaban J connectivity index is 1.52. The number of thioether (sulfide) groups is 1. The number of nitrogens with zero attached hydrogens (tertiary/aromatic N) is 3. The van der Waals surface area contributed by atoms with E-state index >= 15 is 0 Å². The molecule has 0 aliphatic carbocycles. The minimum Gasteiger partial charge on any atom is -0.351 e. The van der Waals surface area contributed by atoms with Crippen molar-refractivity contribution in [3.05, 3.63) is 53.2 Å². The van der Waals surface area contributed by atoms with Crippen molar-refractivity contribution in [2.45, 2.75) is 11.7 Å². The van der Waals surface area contributed by atoms with Crippen molar-refractivity contribution in [3.8, 4) is 10.7 Å². The van der Waals surface area contributed by atoms with Crippen LogP contribution in [-0.4, -0.2) is 26.5 Å². The molecule has 124 valence electrons. The van der Waals surface area contributed by atoms with E-state index in [1.54, 1.807) is 12.1 Å². The second-order valence-corrected chi connectivity index (χ2v) is 6.74. The summed E-state index contributed by atoms with van der Waals surface area (Å²) in [5.74, 6) is 6.24. The summed E-state index contributed by atoms with van der Waals surface area (Å²) in [5, 5.41) is 13.2. The van der Waals surface area contributed by atoms with Gasteiger partial charge < -0.3 is 11.2 Å². The van der Waals surface area contributed by atoms with E-state index in [0.717, 1.165) is 10.4 Å². The van der Waals surface area contributed by atoms with Crippen LogP contribution >= 0.6 is 23.1 Å². The molecule has 0 aliphatic rings. The van der Waals surface area contributed by atoms with E-state index in [0.29, 0.717) is 17.5 Å². The quantitative estimate of drug-likeness (QED) is 0.518. The first-order valence-electron chi connectivity index (χ1n) is 7.02. The van der Waals surface area contributed by atoms with Gasteiger partial charge in [-0.2, -0.15) is 0 Å². The number of amides is 1. The maximum Gasteiger partial charge on any atom is 0.230 e. The zero-order chi connectivity index (χ0) is 16.9. The highest BCUT2D eigenvalue weighted by Gasteiger charge is 2.14. The molecule has 0 saturated carbocycles. The first-order valence-corrected chi connectivity index (χ1v) is 8.88. The minimum absolute atomic E-state index is 0.162. The predicted octanol–water partition coefficient (Wildman–Crippen LogP) is 2.27. The highest BCUT2D eigenvalue weighted by atomic mass is 32.2. The molecular formula is C15H14FN5OS2. The van der Waals surface area contributed by atoms with Crippen LogP contribution < -0.4 is 11.2 Å². The van der Waals surface area contributed by atoms with Crippen molar-refractivity contribution in [3.63, 3.8) is 0 Å². The van der Waals surface area contributed by atoms with Crippen molar-refractivity contribution < 1.29 is 9.18 Å². The van der Waals surface area contributed by atoms with Gasteiger partial charge >= 0.3 is 0 Å². The summed E-state index contributed by atoms with van der Waals surface area (Å²) < 4.78 is 14.2. The van der Waals surface area contributed by atoms with Gasteiger partial charge in [-0.3, -0.25) is 4.79 Å². The van der Waals surface area contributed by atoms with E-state index in [1.165, 1.54) is 39.9 Å². The molecule has 0 spiro atoms. The number of carbonyl (C=O) groups is 1. The third-order valence-electron chi connectivity index (χ3n) is 3.14. The van der Waals surface area contributed by atoms with Crippen LogP contribution in [-0.2, 0) is 11.3 Å². The summed E-state index contributed by atoms with van der Waals surface area (Å²) in [7, 11) is 0. The summed E-state index contributed by atoms with van der Waals surface area (Å²) in [6, 6.07) is 9.80. The zero-order valence-electron chi connectivity index (χ0n) is 12.5. The van der Waals surface area contributed by atoms with Gasteiger partial charge in [0.15, 0.2) is 5.82 Å². The predicted molar refractivity (Wildman–Crippen MR) is 92.5 cm³/mol. The van der Waals surface area contributed by atoms with Crippen LogP contribution in [0.5, 0.6) is 0 Å². The van der Waals surface area contributed by atoms with Crippen molar-refractivity contribution in [2.75, 3.05) is 11.6 Å². The molecule has 9 heteroatoms. The monoisotopic (exact) mass is 363 g/mol. The van der Waals surface area contributed by atoms with Crippen LogP contribution in [0.2, 0.25) is 0 Å². The molecule has 2 heterocycles. The molecule has 2 aromatic heterocycles. The third kappa shape index (κ3) is 3.92. The third-order valence-corrected chi connectivity index (χ3v) is 4.95. The van der Waals surface area contributed by atoms with Crippen molar-refractivity contribution in [2.24, 2.45) is 0 Å². The van der Waals surface area contributed by atoms with Crippen LogP contribution in [0.1, 0.15) is 5.56 Å². The fraction of sp³-hybridized carbons (Fsp3) is 0.133. The van der Waals surface area contributed by atoms with E-state index < -0.39 is 0 Å². The lowest BCUT2D eigenvalue weighted by Crippen LogP contribution is -2.25. The summed E-state index contributed by atoms with van der Waals surface area (Å²) >= 11 is 2.72. The van der Waals surface area contributed by atoms with Crippen molar-refractivity contribution in [1.29, 1.82) is 0 Å². The zero-order valence-corrected chi connectivity index (χ0v) is 14.1. The lowest BCUT2D eigenvalue weighted by molar-refractivity contribution is -0.118. The highest BCUT2D eigenvalue weighted by molar-refractivity contribution is 7.99. The summed E-state index contributed by atoms with van der Waals surface area (Å²) in [5.41, 5.74) is 0.830. The molecule has 0 radical (unpaired) electrons. The number of hydrogen-bond acceptors (Lipinski definition) is 6. The Kier molecular flexibility index (Phi) is 5.11. The molecule has 0 aliphatic heterocycles. The van der Waals surface area contributed by atoms with Gasteiger partial charge in [-0.05, 0) is 29.1 Å². The molecule has 3 rings (SSSR count). The molecule has 24 heavy (non-hydrogen) atoms. The van der Waals surface area contributed by atoms with E-state index in [9.17, 15) is 9.18 Å². The van der Waals surface area contributed by atoms with Gasteiger partial charge in [-0.1, -0.05) is 30.0 Å². The maximum atomic E-state index is 12.8. The minimum atomic E-state index is -0.301. The lowest BCUT2D eigenvalue weighted by atomic mass is 10.2. The van der Waals surface area contributed by atoms with Gasteiger partial charge in [0.05, 0.1) is 10.6 Å². The fourth-order valence-corrected chi connectivity index (χ4v) is 3.33. The number of carbonyl (C=O) groups excluding carboxylic acids is 1. The maximum absolute atomic E-state index is 12.8. The standard InChI is InChI=1S/C15H14FN5OS2/c16-11-5-3-10(4-6-11)8-18-13(22)9-24-15-20-19-14(21(15)17)12-2-1-7-23-12/h1-7H,8-9,17H2,(H,18,22).